The summed E-state index contributed by atoms with van der Waals surface area (Å²) in [6, 6.07) is 11.7. The molecule has 130 valence electrons. The Labute approximate surface area is 153 Å². The molecule has 1 N–H and O–H groups in total. The molecule has 1 unspecified atom stereocenters. The molecule has 2 aromatic rings. The molecule has 0 amide bonds. The average Bonchev–Trinajstić information content (AvgIpc) is 2.59. The van der Waals surface area contributed by atoms with Gasteiger partial charge < -0.3 is 14.8 Å². The van der Waals surface area contributed by atoms with Gasteiger partial charge in [0.05, 0.1) is 7.11 Å². The third-order valence-corrected chi connectivity index (χ3v) is 4.51. The van der Waals surface area contributed by atoms with Gasteiger partial charge in [0.2, 0.25) is 0 Å². The Morgan fingerprint density at radius 3 is 2.58 bits per heavy atom. The molecule has 0 radical (unpaired) electrons. The first-order valence-corrected chi connectivity index (χ1v) is 8.76. The van der Waals surface area contributed by atoms with Crippen LogP contribution in [0.15, 0.2) is 36.4 Å². The van der Waals surface area contributed by atoms with Gasteiger partial charge in [-0.3, -0.25) is 0 Å². The molecule has 0 spiro atoms. The Hall–Kier alpha value is -1.42. The molecular weight excluding hydrogens is 345 g/mol. The van der Waals surface area contributed by atoms with Crippen LogP contribution >= 0.6 is 23.2 Å². The smallest absolute Gasteiger partial charge is 0.166 e. The lowest BCUT2D eigenvalue weighted by Crippen LogP contribution is -2.24. The number of halogens is 2. The first-order valence-electron chi connectivity index (χ1n) is 8.01. The van der Waals surface area contributed by atoms with E-state index in [1.54, 1.807) is 19.2 Å². The molecular formula is C19H23Cl2NO2. The lowest BCUT2D eigenvalue weighted by Gasteiger charge is -2.17. The maximum atomic E-state index is 6.22. The van der Waals surface area contributed by atoms with Crippen LogP contribution in [0.5, 0.6) is 11.5 Å². The Kier molecular flexibility index (Phi) is 7.22. The fourth-order valence-corrected chi connectivity index (χ4v) is 2.71. The van der Waals surface area contributed by atoms with E-state index in [4.69, 9.17) is 32.7 Å². The first-order chi connectivity index (χ1) is 11.5. The molecule has 0 heterocycles. The van der Waals surface area contributed by atoms with E-state index in [9.17, 15) is 0 Å². The van der Waals surface area contributed by atoms with Crippen LogP contribution in [0.1, 0.15) is 31.4 Å². The van der Waals surface area contributed by atoms with Gasteiger partial charge in [-0.15, -0.1) is 0 Å². The zero-order chi connectivity index (χ0) is 17.5. The molecule has 0 saturated carbocycles. The minimum absolute atomic E-state index is 0.354. The van der Waals surface area contributed by atoms with Crippen molar-refractivity contribution in [3.05, 3.63) is 57.6 Å². The van der Waals surface area contributed by atoms with Crippen LogP contribution in [-0.2, 0) is 13.2 Å². The normalized spacial score (nSPS) is 12.0. The van der Waals surface area contributed by atoms with Crippen LogP contribution in [0.2, 0.25) is 10.0 Å². The molecule has 24 heavy (non-hydrogen) atoms. The molecule has 0 aromatic heterocycles. The number of nitrogens with one attached hydrogen (secondary N) is 1. The van der Waals surface area contributed by atoms with Gasteiger partial charge in [0.1, 0.15) is 6.61 Å². The number of rotatable bonds is 8. The number of para-hydroxylation sites is 1. The van der Waals surface area contributed by atoms with Crippen LogP contribution in [0.25, 0.3) is 0 Å². The van der Waals surface area contributed by atoms with Gasteiger partial charge in [-0.05, 0) is 31.5 Å². The largest absolute Gasteiger partial charge is 0.493 e. The van der Waals surface area contributed by atoms with Crippen molar-refractivity contribution in [2.75, 3.05) is 7.11 Å². The number of methoxy groups -OCH3 is 1. The summed E-state index contributed by atoms with van der Waals surface area (Å²) in [5, 5.41) is 4.68. The van der Waals surface area contributed by atoms with Crippen LogP contribution in [-0.4, -0.2) is 13.2 Å². The summed E-state index contributed by atoms with van der Waals surface area (Å²) >= 11 is 12.2. The van der Waals surface area contributed by atoms with Crippen molar-refractivity contribution in [1.29, 1.82) is 0 Å². The van der Waals surface area contributed by atoms with Gasteiger partial charge >= 0.3 is 0 Å². The van der Waals surface area contributed by atoms with E-state index in [1.807, 2.05) is 24.3 Å². The van der Waals surface area contributed by atoms with Crippen molar-refractivity contribution in [2.24, 2.45) is 0 Å². The maximum Gasteiger partial charge on any atom is 0.166 e. The molecule has 0 aliphatic heterocycles. The highest BCUT2D eigenvalue weighted by molar-refractivity contribution is 6.35. The Bertz CT molecular complexity index is 676. The second-order valence-corrected chi connectivity index (χ2v) is 6.51. The molecule has 2 rings (SSSR count). The summed E-state index contributed by atoms with van der Waals surface area (Å²) in [5.74, 6) is 1.45. The summed E-state index contributed by atoms with van der Waals surface area (Å²) in [7, 11) is 1.64. The Balaban J connectivity index is 2.17. The molecule has 1 atom stereocenters. The summed E-state index contributed by atoms with van der Waals surface area (Å²) in [6.45, 7) is 5.39. The zero-order valence-electron chi connectivity index (χ0n) is 14.2. The molecule has 5 heteroatoms. The fourth-order valence-electron chi connectivity index (χ4n) is 2.24. The molecule has 2 aromatic carbocycles. The summed E-state index contributed by atoms with van der Waals surface area (Å²) in [5.41, 5.74) is 1.94. The van der Waals surface area contributed by atoms with E-state index in [0.29, 0.717) is 28.4 Å². The number of hydrogen-bond donors (Lipinski definition) is 1. The molecule has 0 aliphatic carbocycles. The summed E-state index contributed by atoms with van der Waals surface area (Å²) in [6.07, 6.45) is 1.07. The SMILES string of the molecule is CCC(C)NCc1cccc(OC)c1OCc1ccc(Cl)cc1Cl. The van der Waals surface area contributed by atoms with Gasteiger partial charge in [-0.25, -0.2) is 0 Å². The first kappa shape index (κ1) is 18.9. The van der Waals surface area contributed by atoms with Crippen molar-refractivity contribution >= 4 is 23.2 Å². The van der Waals surface area contributed by atoms with E-state index in [0.717, 1.165) is 29.8 Å². The van der Waals surface area contributed by atoms with E-state index in [1.165, 1.54) is 0 Å². The van der Waals surface area contributed by atoms with Crippen molar-refractivity contribution in [2.45, 2.75) is 39.5 Å². The topological polar surface area (TPSA) is 30.5 Å². The third-order valence-electron chi connectivity index (χ3n) is 3.92. The standard InChI is InChI=1S/C19H23Cl2NO2/c1-4-13(2)22-11-14-6-5-7-18(23-3)19(14)24-12-15-8-9-16(20)10-17(15)21/h5-10,13,22H,4,11-12H2,1-3H3. The molecule has 0 fully saturated rings. The predicted octanol–water partition coefficient (Wildman–Crippen LogP) is 5.47. The van der Waals surface area contributed by atoms with Crippen LogP contribution < -0.4 is 14.8 Å². The quantitative estimate of drug-likeness (QED) is 0.670. The third kappa shape index (κ3) is 5.04. The summed E-state index contributed by atoms with van der Waals surface area (Å²) in [4.78, 5) is 0. The maximum absolute atomic E-state index is 6.22. The van der Waals surface area contributed by atoms with E-state index >= 15 is 0 Å². The van der Waals surface area contributed by atoms with Gasteiger partial charge in [-0.2, -0.15) is 0 Å². The Morgan fingerprint density at radius 1 is 1.12 bits per heavy atom. The van der Waals surface area contributed by atoms with Gasteiger partial charge in [0.25, 0.3) is 0 Å². The monoisotopic (exact) mass is 367 g/mol. The second-order valence-electron chi connectivity index (χ2n) is 5.66. The van der Waals surface area contributed by atoms with Crippen LogP contribution in [0.3, 0.4) is 0 Å². The van der Waals surface area contributed by atoms with Crippen molar-refractivity contribution in [3.8, 4) is 11.5 Å². The van der Waals surface area contributed by atoms with Crippen LogP contribution in [0, 0.1) is 0 Å². The fraction of sp³-hybridized carbons (Fsp3) is 0.368. The highest BCUT2D eigenvalue weighted by Crippen LogP contribution is 2.32. The number of ether oxygens (including phenoxy) is 2. The Morgan fingerprint density at radius 2 is 1.92 bits per heavy atom. The molecule has 3 nitrogen and oxygen atoms in total. The minimum Gasteiger partial charge on any atom is -0.493 e. The van der Waals surface area contributed by atoms with Crippen LogP contribution in [0.4, 0.5) is 0 Å². The van der Waals surface area contributed by atoms with E-state index in [2.05, 4.69) is 19.2 Å². The van der Waals surface area contributed by atoms with Gasteiger partial charge in [-0.1, -0.05) is 48.3 Å². The number of benzene rings is 2. The average molecular weight is 368 g/mol. The number of hydrogen-bond acceptors (Lipinski definition) is 3. The molecule has 0 saturated heterocycles. The second kappa shape index (κ2) is 9.16. The lowest BCUT2D eigenvalue weighted by molar-refractivity contribution is 0.280. The molecule has 0 aliphatic rings. The lowest BCUT2D eigenvalue weighted by atomic mass is 10.1. The van der Waals surface area contributed by atoms with Crippen molar-refractivity contribution in [3.63, 3.8) is 0 Å². The van der Waals surface area contributed by atoms with Crippen molar-refractivity contribution < 1.29 is 9.47 Å². The zero-order valence-corrected chi connectivity index (χ0v) is 15.7. The highest BCUT2D eigenvalue weighted by atomic mass is 35.5. The molecule has 0 bridgehead atoms. The predicted molar refractivity (Wildman–Crippen MR) is 100 cm³/mol. The highest BCUT2D eigenvalue weighted by Gasteiger charge is 2.12. The van der Waals surface area contributed by atoms with E-state index < -0.39 is 0 Å². The summed E-state index contributed by atoms with van der Waals surface area (Å²) < 4.78 is 11.5. The van der Waals surface area contributed by atoms with Gasteiger partial charge in [0, 0.05) is 33.8 Å². The minimum atomic E-state index is 0.354. The van der Waals surface area contributed by atoms with Crippen molar-refractivity contribution in [1.82, 2.24) is 5.32 Å². The van der Waals surface area contributed by atoms with E-state index in [-0.39, 0.29) is 0 Å². The van der Waals surface area contributed by atoms with Gasteiger partial charge in [0.15, 0.2) is 11.5 Å².